The average Bonchev–Trinajstić information content (AvgIpc) is 3.27. The van der Waals surface area contributed by atoms with Crippen molar-refractivity contribution in [2.45, 2.75) is 18.9 Å². The molecule has 0 spiro atoms. The van der Waals surface area contributed by atoms with Crippen LogP contribution in [0.1, 0.15) is 21.5 Å². The summed E-state index contributed by atoms with van der Waals surface area (Å²) in [6.45, 7) is 0.238. The number of rotatable bonds is 8. The number of nitrogens with one attached hydrogen (secondary N) is 1. The monoisotopic (exact) mass is 419 g/mol. The fraction of sp³-hybridized carbons (Fsp3) is 0.240. The van der Waals surface area contributed by atoms with E-state index in [9.17, 15) is 4.79 Å². The summed E-state index contributed by atoms with van der Waals surface area (Å²) in [5.41, 5.74) is 2.77. The summed E-state index contributed by atoms with van der Waals surface area (Å²) in [7, 11) is 3.25. The van der Waals surface area contributed by atoms with Crippen LogP contribution >= 0.6 is 0 Å². The van der Waals surface area contributed by atoms with Gasteiger partial charge < -0.3 is 24.3 Å². The van der Waals surface area contributed by atoms with Gasteiger partial charge in [-0.25, -0.2) is 0 Å². The molecule has 3 aromatic rings. The van der Waals surface area contributed by atoms with Gasteiger partial charge >= 0.3 is 0 Å². The van der Waals surface area contributed by atoms with Crippen LogP contribution in [-0.2, 0) is 12.8 Å². The van der Waals surface area contributed by atoms with E-state index in [0.29, 0.717) is 24.2 Å². The molecule has 0 aliphatic carbocycles. The van der Waals surface area contributed by atoms with Crippen LogP contribution in [0, 0.1) is 0 Å². The van der Waals surface area contributed by atoms with Crippen molar-refractivity contribution in [2.75, 3.05) is 21.0 Å². The Hall–Kier alpha value is -3.67. The van der Waals surface area contributed by atoms with Crippen LogP contribution in [0.3, 0.4) is 0 Å². The van der Waals surface area contributed by atoms with Gasteiger partial charge in [0.25, 0.3) is 5.91 Å². The molecule has 160 valence electrons. The average molecular weight is 419 g/mol. The summed E-state index contributed by atoms with van der Waals surface area (Å²) >= 11 is 0. The molecule has 0 saturated heterocycles. The van der Waals surface area contributed by atoms with Gasteiger partial charge in [0.1, 0.15) is 11.5 Å². The SMILES string of the molecule is COc1ccc(C[C@H](Cc2ccc3c(c2)OCO3)NC(=O)c2ccc(OC)cc2)cc1. The Morgan fingerprint density at radius 2 is 1.42 bits per heavy atom. The number of benzene rings is 3. The van der Waals surface area contributed by atoms with E-state index in [1.807, 2.05) is 42.5 Å². The first kappa shape index (κ1) is 20.6. The maximum absolute atomic E-state index is 12.9. The molecule has 0 aromatic heterocycles. The molecule has 0 unspecified atom stereocenters. The highest BCUT2D eigenvalue weighted by Gasteiger charge is 2.18. The van der Waals surface area contributed by atoms with Crippen molar-refractivity contribution < 1.29 is 23.7 Å². The third kappa shape index (κ3) is 5.09. The Balaban J connectivity index is 1.52. The summed E-state index contributed by atoms with van der Waals surface area (Å²) in [6, 6.07) is 20.8. The molecule has 1 amide bonds. The molecular weight excluding hydrogens is 394 g/mol. The minimum Gasteiger partial charge on any atom is -0.497 e. The first-order valence-electron chi connectivity index (χ1n) is 10.1. The zero-order chi connectivity index (χ0) is 21.6. The van der Waals surface area contributed by atoms with Gasteiger partial charge in [0.2, 0.25) is 6.79 Å². The number of amides is 1. The van der Waals surface area contributed by atoms with Gasteiger partial charge in [0.15, 0.2) is 11.5 Å². The lowest BCUT2D eigenvalue weighted by atomic mass is 9.98. The van der Waals surface area contributed by atoms with E-state index in [4.69, 9.17) is 18.9 Å². The number of ether oxygens (including phenoxy) is 4. The number of methoxy groups -OCH3 is 2. The molecule has 0 bridgehead atoms. The lowest BCUT2D eigenvalue weighted by Gasteiger charge is -2.20. The van der Waals surface area contributed by atoms with E-state index in [0.717, 1.165) is 28.4 Å². The Bertz CT molecular complexity index is 1030. The highest BCUT2D eigenvalue weighted by Crippen LogP contribution is 2.33. The van der Waals surface area contributed by atoms with Crippen molar-refractivity contribution in [2.24, 2.45) is 0 Å². The number of fused-ring (bicyclic) bond motifs is 1. The first-order valence-corrected chi connectivity index (χ1v) is 10.1. The minimum atomic E-state index is -0.123. The van der Waals surface area contributed by atoms with E-state index in [2.05, 4.69) is 5.32 Å². The normalized spacial score (nSPS) is 12.8. The second-order valence-electron chi connectivity index (χ2n) is 7.34. The number of carbonyl (C=O) groups excluding carboxylic acids is 1. The quantitative estimate of drug-likeness (QED) is 0.598. The van der Waals surface area contributed by atoms with Gasteiger partial charge in [-0.15, -0.1) is 0 Å². The maximum Gasteiger partial charge on any atom is 0.251 e. The van der Waals surface area contributed by atoms with E-state index < -0.39 is 0 Å². The van der Waals surface area contributed by atoms with E-state index >= 15 is 0 Å². The summed E-state index contributed by atoms with van der Waals surface area (Å²) in [4.78, 5) is 12.9. The molecule has 1 aliphatic heterocycles. The van der Waals surface area contributed by atoms with E-state index in [-0.39, 0.29) is 18.7 Å². The van der Waals surface area contributed by atoms with Crippen LogP contribution in [0.15, 0.2) is 66.7 Å². The molecule has 6 nitrogen and oxygen atoms in total. The molecule has 1 N–H and O–H groups in total. The number of hydrogen-bond acceptors (Lipinski definition) is 5. The number of carbonyl (C=O) groups is 1. The second kappa shape index (κ2) is 9.43. The van der Waals surface area contributed by atoms with Crippen LogP contribution in [0.4, 0.5) is 0 Å². The van der Waals surface area contributed by atoms with Gasteiger partial charge in [-0.1, -0.05) is 18.2 Å². The fourth-order valence-corrected chi connectivity index (χ4v) is 3.58. The van der Waals surface area contributed by atoms with Crippen molar-refractivity contribution in [1.29, 1.82) is 0 Å². The van der Waals surface area contributed by atoms with Crippen LogP contribution in [0.5, 0.6) is 23.0 Å². The predicted molar refractivity (Wildman–Crippen MR) is 117 cm³/mol. The standard InChI is InChI=1S/C25H25NO5/c1-28-21-8-3-17(4-9-21)13-20(14-18-5-12-23-24(15-18)31-16-30-23)26-25(27)19-6-10-22(29-2)11-7-19/h3-12,15,20H,13-14,16H2,1-2H3,(H,26,27)/t20-/m1/s1. The van der Waals surface area contributed by atoms with Crippen molar-refractivity contribution in [3.8, 4) is 23.0 Å². The third-order valence-corrected chi connectivity index (χ3v) is 5.25. The van der Waals surface area contributed by atoms with Crippen LogP contribution in [0.25, 0.3) is 0 Å². The van der Waals surface area contributed by atoms with Gasteiger partial charge in [-0.2, -0.15) is 0 Å². The summed E-state index contributed by atoms with van der Waals surface area (Å²) in [6.07, 6.45) is 1.34. The lowest BCUT2D eigenvalue weighted by molar-refractivity contribution is 0.0936. The first-order chi connectivity index (χ1) is 15.1. The van der Waals surface area contributed by atoms with Crippen molar-refractivity contribution in [3.05, 3.63) is 83.4 Å². The zero-order valence-electron chi connectivity index (χ0n) is 17.6. The van der Waals surface area contributed by atoms with Gasteiger partial charge in [0.05, 0.1) is 14.2 Å². The van der Waals surface area contributed by atoms with Gasteiger partial charge in [-0.3, -0.25) is 4.79 Å². The molecule has 31 heavy (non-hydrogen) atoms. The highest BCUT2D eigenvalue weighted by atomic mass is 16.7. The van der Waals surface area contributed by atoms with Gasteiger partial charge in [0, 0.05) is 11.6 Å². The van der Waals surface area contributed by atoms with Crippen LogP contribution < -0.4 is 24.3 Å². The molecule has 0 fully saturated rings. The summed E-state index contributed by atoms with van der Waals surface area (Å²) in [5, 5.41) is 3.18. The van der Waals surface area contributed by atoms with Crippen LogP contribution in [0.2, 0.25) is 0 Å². The fourth-order valence-electron chi connectivity index (χ4n) is 3.58. The largest absolute Gasteiger partial charge is 0.497 e. The Morgan fingerprint density at radius 3 is 2.10 bits per heavy atom. The van der Waals surface area contributed by atoms with Crippen LogP contribution in [-0.4, -0.2) is 33.0 Å². The van der Waals surface area contributed by atoms with Crippen molar-refractivity contribution in [3.63, 3.8) is 0 Å². The molecule has 1 atom stereocenters. The van der Waals surface area contributed by atoms with Crippen molar-refractivity contribution >= 4 is 5.91 Å². The topological polar surface area (TPSA) is 66.0 Å². The third-order valence-electron chi connectivity index (χ3n) is 5.25. The highest BCUT2D eigenvalue weighted by molar-refractivity contribution is 5.94. The Morgan fingerprint density at radius 1 is 0.839 bits per heavy atom. The molecule has 3 aromatic carbocycles. The maximum atomic E-state index is 12.9. The lowest BCUT2D eigenvalue weighted by Crippen LogP contribution is -2.38. The predicted octanol–water partition coefficient (Wildman–Crippen LogP) is 4.02. The molecule has 1 aliphatic rings. The Kier molecular flexibility index (Phi) is 6.26. The molecular formula is C25H25NO5. The number of hydrogen-bond donors (Lipinski definition) is 1. The molecule has 6 heteroatoms. The molecule has 0 radical (unpaired) electrons. The van der Waals surface area contributed by atoms with Gasteiger partial charge in [-0.05, 0) is 72.5 Å². The summed E-state index contributed by atoms with van der Waals surface area (Å²) < 4.78 is 21.3. The molecule has 4 rings (SSSR count). The van der Waals surface area contributed by atoms with E-state index in [1.165, 1.54) is 0 Å². The van der Waals surface area contributed by atoms with E-state index in [1.54, 1.807) is 38.5 Å². The summed E-state index contributed by atoms with van der Waals surface area (Å²) in [5.74, 6) is 2.88. The second-order valence-corrected chi connectivity index (χ2v) is 7.34. The van der Waals surface area contributed by atoms with Crippen molar-refractivity contribution in [1.82, 2.24) is 5.32 Å². The smallest absolute Gasteiger partial charge is 0.251 e. The minimum absolute atomic E-state index is 0.108. The zero-order valence-corrected chi connectivity index (χ0v) is 17.6. The molecule has 0 saturated carbocycles. The molecule has 1 heterocycles. The Labute approximate surface area is 181 Å².